The Morgan fingerprint density at radius 1 is 1.04 bits per heavy atom. The minimum atomic E-state index is -0.650. The van der Waals surface area contributed by atoms with E-state index in [0.717, 1.165) is 10.4 Å². The molecule has 0 spiro atoms. The molecule has 0 fully saturated rings. The highest BCUT2D eigenvalue weighted by molar-refractivity contribution is 7.11. The first-order chi connectivity index (χ1) is 12.8. The molecule has 146 valence electrons. The minimum absolute atomic E-state index is 0.0325. The molecule has 6 heteroatoms. The SMILES string of the molecule is Cc1ccc(CN(Cc2ccccc2)C(=O)CN(C(=O)[C@@H](C)Cl)C(C)C)s1. The highest BCUT2D eigenvalue weighted by Crippen LogP contribution is 2.19. The number of carbonyl (C=O) groups is 2. The number of carbonyl (C=O) groups excluding carboxylic acids is 2. The lowest BCUT2D eigenvalue weighted by Crippen LogP contribution is -2.47. The molecule has 2 rings (SSSR count). The van der Waals surface area contributed by atoms with Gasteiger partial charge in [-0.3, -0.25) is 9.59 Å². The molecule has 2 aromatic rings. The van der Waals surface area contributed by atoms with Gasteiger partial charge in [0.15, 0.2) is 0 Å². The van der Waals surface area contributed by atoms with Gasteiger partial charge in [-0.2, -0.15) is 0 Å². The van der Waals surface area contributed by atoms with E-state index in [4.69, 9.17) is 11.6 Å². The summed E-state index contributed by atoms with van der Waals surface area (Å²) < 4.78 is 0. The fourth-order valence-corrected chi connectivity index (χ4v) is 3.81. The summed E-state index contributed by atoms with van der Waals surface area (Å²) in [5, 5.41) is -0.650. The molecular weight excluding hydrogens is 380 g/mol. The van der Waals surface area contributed by atoms with Crippen molar-refractivity contribution in [2.24, 2.45) is 0 Å². The van der Waals surface area contributed by atoms with Crippen LogP contribution >= 0.6 is 22.9 Å². The van der Waals surface area contributed by atoms with Gasteiger partial charge in [-0.25, -0.2) is 0 Å². The Kier molecular flexibility index (Phi) is 7.87. The summed E-state index contributed by atoms with van der Waals surface area (Å²) in [6.07, 6.45) is 0. The van der Waals surface area contributed by atoms with E-state index in [2.05, 4.69) is 19.1 Å². The summed E-state index contributed by atoms with van der Waals surface area (Å²) in [7, 11) is 0. The minimum Gasteiger partial charge on any atom is -0.332 e. The summed E-state index contributed by atoms with van der Waals surface area (Å²) in [5.74, 6) is -0.295. The zero-order valence-electron chi connectivity index (χ0n) is 16.3. The smallest absolute Gasteiger partial charge is 0.242 e. The quantitative estimate of drug-likeness (QED) is 0.607. The van der Waals surface area contributed by atoms with Gasteiger partial charge in [0.25, 0.3) is 0 Å². The van der Waals surface area contributed by atoms with Gasteiger partial charge in [0.1, 0.15) is 11.9 Å². The zero-order valence-corrected chi connectivity index (χ0v) is 17.9. The average Bonchev–Trinajstić information content (AvgIpc) is 3.03. The maximum atomic E-state index is 13.1. The summed E-state index contributed by atoms with van der Waals surface area (Å²) in [6, 6.07) is 13.9. The lowest BCUT2D eigenvalue weighted by atomic mass is 10.2. The van der Waals surface area contributed by atoms with E-state index >= 15 is 0 Å². The van der Waals surface area contributed by atoms with E-state index in [1.54, 1.807) is 23.2 Å². The summed E-state index contributed by atoms with van der Waals surface area (Å²) >= 11 is 7.66. The Morgan fingerprint density at radius 2 is 1.70 bits per heavy atom. The van der Waals surface area contributed by atoms with Crippen molar-refractivity contribution in [2.75, 3.05) is 6.54 Å². The van der Waals surface area contributed by atoms with Crippen LogP contribution in [0.25, 0.3) is 0 Å². The Labute approximate surface area is 170 Å². The fraction of sp³-hybridized carbons (Fsp3) is 0.429. The summed E-state index contributed by atoms with van der Waals surface area (Å²) in [5.41, 5.74) is 1.06. The molecule has 0 saturated heterocycles. The number of halogens is 1. The molecule has 0 saturated carbocycles. The number of aryl methyl sites for hydroxylation is 1. The van der Waals surface area contributed by atoms with E-state index in [9.17, 15) is 9.59 Å². The third-order valence-corrected chi connectivity index (χ3v) is 5.44. The van der Waals surface area contributed by atoms with Gasteiger partial charge in [-0.05, 0) is 45.4 Å². The number of alkyl halides is 1. The van der Waals surface area contributed by atoms with Gasteiger partial charge >= 0.3 is 0 Å². The van der Waals surface area contributed by atoms with Crippen LogP contribution in [0.5, 0.6) is 0 Å². The predicted octanol–water partition coefficient (Wildman–Crippen LogP) is 4.45. The topological polar surface area (TPSA) is 40.6 Å². The van der Waals surface area contributed by atoms with Crippen molar-refractivity contribution in [2.45, 2.75) is 52.2 Å². The Morgan fingerprint density at radius 3 is 2.22 bits per heavy atom. The number of rotatable bonds is 8. The van der Waals surface area contributed by atoms with E-state index in [0.29, 0.717) is 13.1 Å². The molecule has 1 aromatic carbocycles. The second-order valence-electron chi connectivity index (χ2n) is 6.92. The number of thiophene rings is 1. The highest BCUT2D eigenvalue weighted by atomic mass is 35.5. The van der Waals surface area contributed by atoms with Crippen LogP contribution < -0.4 is 0 Å². The zero-order chi connectivity index (χ0) is 20.0. The molecule has 0 bridgehead atoms. The van der Waals surface area contributed by atoms with E-state index in [-0.39, 0.29) is 24.4 Å². The van der Waals surface area contributed by atoms with Crippen molar-refractivity contribution in [3.8, 4) is 0 Å². The molecule has 4 nitrogen and oxygen atoms in total. The van der Waals surface area contributed by atoms with Crippen LogP contribution in [0.3, 0.4) is 0 Å². The monoisotopic (exact) mass is 406 g/mol. The van der Waals surface area contributed by atoms with Crippen LogP contribution in [0, 0.1) is 6.92 Å². The lowest BCUT2D eigenvalue weighted by Gasteiger charge is -2.30. The fourth-order valence-electron chi connectivity index (χ4n) is 2.78. The second-order valence-corrected chi connectivity index (χ2v) is 8.95. The number of amides is 2. The molecule has 0 radical (unpaired) electrons. The molecule has 27 heavy (non-hydrogen) atoms. The first-order valence-corrected chi connectivity index (χ1v) is 10.3. The van der Waals surface area contributed by atoms with Crippen molar-refractivity contribution in [3.63, 3.8) is 0 Å². The third kappa shape index (κ3) is 6.36. The van der Waals surface area contributed by atoms with Crippen LogP contribution in [-0.4, -0.2) is 39.6 Å². The van der Waals surface area contributed by atoms with Gasteiger partial charge in [0.2, 0.25) is 11.8 Å². The first-order valence-electron chi connectivity index (χ1n) is 9.09. The number of hydrogen-bond acceptors (Lipinski definition) is 3. The molecule has 0 aliphatic heterocycles. The number of hydrogen-bond donors (Lipinski definition) is 0. The summed E-state index contributed by atoms with van der Waals surface area (Å²) in [6.45, 7) is 8.56. The van der Waals surface area contributed by atoms with Gasteiger partial charge in [-0.15, -0.1) is 22.9 Å². The number of nitrogens with zero attached hydrogens (tertiary/aromatic N) is 2. The van der Waals surface area contributed by atoms with Gasteiger partial charge in [-0.1, -0.05) is 30.3 Å². The third-order valence-electron chi connectivity index (χ3n) is 4.26. The normalized spacial score (nSPS) is 12.1. The Hall–Kier alpha value is -1.85. The van der Waals surface area contributed by atoms with Crippen molar-refractivity contribution < 1.29 is 9.59 Å². The standard InChI is InChI=1S/C21H27ClN2O2S/c1-15(2)24(21(26)17(4)22)14-20(25)23(12-18-8-6-5-7-9-18)13-19-11-10-16(3)27-19/h5-11,15,17H,12-14H2,1-4H3/t17-/m1/s1. The number of benzene rings is 1. The van der Waals surface area contributed by atoms with Crippen molar-refractivity contribution in [1.82, 2.24) is 9.80 Å². The van der Waals surface area contributed by atoms with E-state index in [1.807, 2.05) is 49.1 Å². The van der Waals surface area contributed by atoms with Crippen molar-refractivity contribution in [3.05, 3.63) is 57.8 Å². The van der Waals surface area contributed by atoms with Crippen LogP contribution in [0.2, 0.25) is 0 Å². The lowest BCUT2D eigenvalue weighted by molar-refractivity contribution is -0.142. The predicted molar refractivity (Wildman–Crippen MR) is 112 cm³/mol. The molecule has 0 unspecified atom stereocenters. The molecule has 0 N–H and O–H groups in total. The van der Waals surface area contributed by atoms with Crippen LogP contribution in [0.4, 0.5) is 0 Å². The second kappa shape index (κ2) is 9.90. The highest BCUT2D eigenvalue weighted by Gasteiger charge is 2.26. The van der Waals surface area contributed by atoms with Crippen LogP contribution in [0.1, 0.15) is 36.1 Å². The summed E-state index contributed by atoms with van der Waals surface area (Å²) in [4.78, 5) is 31.2. The van der Waals surface area contributed by atoms with Gasteiger partial charge in [0, 0.05) is 22.3 Å². The van der Waals surface area contributed by atoms with Crippen molar-refractivity contribution >= 4 is 34.8 Å². The molecule has 1 heterocycles. The van der Waals surface area contributed by atoms with Gasteiger partial charge < -0.3 is 9.80 Å². The molecule has 1 atom stereocenters. The molecule has 0 aliphatic rings. The molecular formula is C21H27ClN2O2S. The molecule has 1 aromatic heterocycles. The average molecular weight is 407 g/mol. The van der Waals surface area contributed by atoms with E-state index < -0.39 is 5.38 Å². The maximum Gasteiger partial charge on any atom is 0.242 e. The largest absolute Gasteiger partial charge is 0.332 e. The van der Waals surface area contributed by atoms with Gasteiger partial charge in [0.05, 0.1) is 6.54 Å². The van der Waals surface area contributed by atoms with Crippen LogP contribution in [-0.2, 0) is 22.7 Å². The maximum absolute atomic E-state index is 13.1. The Balaban J connectivity index is 2.19. The molecule has 0 aliphatic carbocycles. The van der Waals surface area contributed by atoms with Crippen LogP contribution in [0.15, 0.2) is 42.5 Å². The van der Waals surface area contributed by atoms with E-state index in [1.165, 1.54) is 4.88 Å². The Bertz CT molecular complexity index is 759. The first kappa shape index (κ1) is 21.5. The molecule has 2 amide bonds. The van der Waals surface area contributed by atoms with Crippen molar-refractivity contribution in [1.29, 1.82) is 0 Å².